The van der Waals surface area contributed by atoms with E-state index in [1.807, 2.05) is 37.3 Å². The third-order valence-corrected chi connectivity index (χ3v) is 7.01. The summed E-state index contributed by atoms with van der Waals surface area (Å²) in [5.74, 6) is 1.79. The molecule has 1 aliphatic carbocycles. The van der Waals surface area contributed by atoms with E-state index in [1.165, 1.54) is 5.57 Å². The molecule has 0 amide bonds. The quantitative estimate of drug-likeness (QED) is 0.195. The first kappa shape index (κ1) is 29.1. The van der Waals surface area contributed by atoms with E-state index in [9.17, 15) is 0 Å². The number of aromatic nitrogens is 2. The molecule has 5 nitrogen and oxygen atoms in total. The minimum Gasteiger partial charge on any atom is -0.527 e. The Bertz CT molecular complexity index is 1490. The second-order valence-corrected chi connectivity index (χ2v) is 12.4. The zero-order valence-electron chi connectivity index (χ0n) is 25.1. The molecule has 0 saturated carbocycles. The van der Waals surface area contributed by atoms with E-state index in [-0.39, 0.29) is 17.9 Å². The van der Waals surface area contributed by atoms with Crippen LogP contribution in [0.1, 0.15) is 78.3 Å². The zero-order chi connectivity index (χ0) is 28.9. The first-order chi connectivity index (χ1) is 18.9. The van der Waals surface area contributed by atoms with Crippen molar-refractivity contribution in [3.8, 4) is 0 Å². The fourth-order valence-electron chi connectivity index (χ4n) is 4.13. The lowest BCUT2D eigenvalue weighted by atomic mass is 9.73. The van der Waals surface area contributed by atoms with Crippen LogP contribution in [0.25, 0.3) is 5.57 Å². The van der Waals surface area contributed by atoms with E-state index in [4.69, 9.17) is 14.0 Å². The van der Waals surface area contributed by atoms with Crippen molar-refractivity contribution in [1.82, 2.24) is 10.2 Å². The molecule has 6 heteroatoms. The Labute approximate surface area is 239 Å². The number of rotatable bonds is 8. The molecule has 0 atom stereocenters. The van der Waals surface area contributed by atoms with Crippen molar-refractivity contribution in [2.45, 2.75) is 68.1 Å². The van der Waals surface area contributed by atoms with Gasteiger partial charge in [0.25, 0.3) is 0 Å². The second-order valence-electron chi connectivity index (χ2n) is 12.4. The van der Waals surface area contributed by atoms with Gasteiger partial charge in [-0.2, -0.15) is 0 Å². The summed E-state index contributed by atoms with van der Waals surface area (Å²) in [6, 6.07) is 8.39. The maximum Gasteiger partial charge on any atom is 0.509 e. The topological polar surface area (TPSA) is 60.5 Å². The number of hydrogen-bond donors (Lipinski definition) is 0. The molecule has 206 valence electrons. The Hall–Kier alpha value is -3.89. The van der Waals surface area contributed by atoms with Crippen molar-refractivity contribution >= 4 is 18.5 Å². The molecule has 0 unspecified atom stereocenters. The molecule has 1 aromatic carbocycles. The minimum atomic E-state index is -0.185. The molecular weight excluding hydrogens is 493 g/mol. The highest BCUT2D eigenvalue weighted by Gasteiger charge is 2.31. The first-order valence-electron chi connectivity index (χ1n) is 13.9. The summed E-state index contributed by atoms with van der Waals surface area (Å²) in [5.41, 5.74) is 10.1. The maximum atomic E-state index is 6.08. The van der Waals surface area contributed by atoms with Crippen LogP contribution < -0.4 is 0 Å². The number of allylic oxidation sites excluding steroid dienone is 9. The molecule has 4 rings (SSSR count). The van der Waals surface area contributed by atoms with Gasteiger partial charge in [0, 0.05) is 17.5 Å². The van der Waals surface area contributed by atoms with Gasteiger partial charge in [-0.1, -0.05) is 89.6 Å². The van der Waals surface area contributed by atoms with Gasteiger partial charge >= 0.3 is 7.05 Å². The molecule has 1 aromatic heterocycles. The van der Waals surface area contributed by atoms with Gasteiger partial charge in [-0.15, -0.1) is 15.9 Å². The second kappa shape index (κ2) is 12.1. The smallest absolute Gasteiger partial charge is 0.509 e. The van der Waals surface area contributed by atoms with Crippen LogP contribution in [0.4, 0.5) is 0 Å². The van der Waals surface area contributed by atoms with Crippen molar-refractivity contribution in [2.75, 3.05) is 0 Å². The Balaban J connectivity index is 1.39. The number of nitrogens with zero attached hydrogens (tertiary/aromatic N) is 3. The molecule has 0 fully saturated rings. The van der Waals surface area contributed by atoms with Gasteiger partial charge in [-0.3, -0.25) is 4.90 Å². The normalized spacial score (nSPS) is 16.4. The van der Waals surface area contributed by atoms with Crippen LogP contribution in [0.3, 0.4) is 0 Å². The third-order valence-electron chi connectivity index (χ3n) is 7.01. The van der Waals surface area contributed by atoms with E-state index in [1.54, 1.807) is 0 Å². The summed E-state index contributed by atoms with van der Waals surface area (Å²) < 4.78 is 12.1. The summed E-state index contributed by atoms with van der Waals surface area (Å²) in [4.78, 5) is 4.75. The summed E-state index contributed by atoms with van der Waals surface area (Å²) >= 11 is 0. The summed E-state index contributed by atoms with van der Waals surface area (Å²) in [7, 11) is -0.185. The van der Waals surface area contributed by atoms with Crippen molar-refractivity contribution < 1.29 is 9.07 Å². The van der Waals surface area contributed by atoms with E-state index < -0.39 is 0 Å². The van der Waals surface area contributed by atoms with Crippen LogP contribution in [0.15, 0.2) is 105 Å². The summed E-state index contributed by atoms with van der Waals surface area (Å²) in [5, 5.41) is 8.59. The largest absolute Gasteiger partial charge is 0.527 e. The minimum absolute atomic E-state index is 0.0206. The van der Waals surface area contributed by atoms with Crippen molar-refractivity contribution in [2.24, 2.45) is 15.7 Å². The van der Waals surface area contributed by atoms with Crippen LogP contribution in [0.5, 0.6) is 0 Å². The SMILES string of the molecule is C\C=C/C(=C\C=C(/C)C(C)(C)C)C1=NB(Cc2cccc(Cc3nnc(C4=CC=C=C(C(C)(C)C)C=C4)o3)c2)O1. The average Bonchev–Trinajstić information content (AvgIpc) is 3.16. The van der Waals surface area contributed by atoms with Crippen molar-refractivity contribution in [3.63, 3.8) is 0 Å². The standard InChI is InChI=1S/C34H40BN3O2/c1-9-12-27(18-17-24(2)33(3,4)5)31-36-35(40-31)23-26-14-10-13-25(21-26)22-30-37-38-32(39-30)28-15-11-16-29(20-19-28)34(6,7)8/h9-15,17-21H,22-23H2,1-8H3/b12-9-,24-17+,27-18+. The third kappa shape index (κ3) is 7.61. The zero-order valence-corrected chi connectivity index (χ0v) is 25.1. The lowest BCUT2D eigenvalue weighted by Crippen LogP contribution is -2.35. The van der Waals surface area contributed by atoms with E-state index in [2.05, 4.69) is 107 Å². The average molecular weight is 534 g/mol. The van der Waals surface area contributed by atoms with Crippen LogP contribution in [-0.4, -0.2) is 23.1 Å². The Morgan fingerprint density at radius 3 is 2.48 bits per heavy atom. The van der Waals surface area contributed by atoms with E-state index in [0.717, 1.165) is 27.8 Å². The fraction of sp³-hybridized carbons (Fsp3) is 0.353. The molecule has 40 heavy (non-hydrogen) atoms. The van der Waals surface area contributed by atoms with Gasteiger partial charge in [-0.05, 0) is 71.8 Å². The van der Waals surface area contributed by atoms with Gasteiger partial charge in [0.05, 0.1) is 6.42 Å². The molecule has 2 aliphatic rings. The van der Waals surface area contributed by atoms with Gasteiger partial charge in [-0.25, -0.2) is 0 Å². The van der Waals surface area contributed by atoms with E-state index in [0.29, 0.717) is 30.4 Å². The Morgan fingerprint density at radius 2 is 1.77 bits per heavy atom. The van der Waals surface area contributed by atoms with Gasteiger partial charge in [0.15, 0.2) is 5.90 Å². The molecule has 0 N–H and O–H groups in total. The van der Waals surface area contributed by atoms with Gasteiger partial charge < -0.3 is 9.07 Å². The molecule has 0 bridgehead atoms. The van der Waals surface area contributed by atoms with Gasteiger partial charge in [0.1, 0.15) is 0 Å². The monoisotopic (exact) mass is 533 g/mol. The number of benzene rings is 1. The number of hydrogen-bond acceptors (Lipinski definition) is 5. The lowest BCUT2D eigenvalue weighted by Gasteiger charge is -2.24. The predicted molar refractivity (Wildman–Crippen MR) is 166 cm³/mol. The Morgan fingerprint density at radius 1 is 1.02 bits per heavy atom. The van der Waals surface area contributed by atoms with Crippen molar-refractivity contribution in [1.29, 1.82) is 0 Å². The highest BCUT2D eigenvalue weighted by molar-refractivity contribution is 6.59. The van der Waals surface area contributed by atoms with Crippen LogP contribution >= 0.6 is 0 Å². The maximum absolute atomic E-state index is 6.08. The van der Waals surface area contributed by atoms with Crippen LogP contribution in [0.2, 0.25) is 0 Å². The van der Waals surface area contributed by atoms with Crippen molar-refractivity contribution in [3.05, 3.63) is 118 Å². The molecule has 0 radical (unpaired) electrons. The van der Waals surface area contributed by atoms with Crippen LogP contribution in [0, 0.1) is 10.8 Å². The molecule has 0 saturated heterocycles. The highest BCUT2D eigenvalue weighted by atomic mass is 16.5. The fourth-order valence-corrected chi connectivity index (χ4v) is 4.13. The molecular formula is C34H40BN3O2. The van der Waals surface area contributed by atoms with E-state index >= 15 is 0 Å². The molecule has 1 aliphatic heterocycles. The first-order valence-corrected chi connectivity index (χ1v) is 13.9. The lowest BCUT2D eigenvalue weighted by molar-refractivity contribution is 0.494. The van der Waals surface area contributed by atoms with Gasteiger partial charge in [0.2, 0.25) is 11.8 Å². The highest BCUT2D eigenvalue weighted by Crippen LogP contribution is 2.29. The summed E-state index contributed by atoms with van der Waals surface area (Å²) in [6.45, 7) is 17.3. The predicted octanol–water partition coefficient (Wildman–Crippen LogP) is 8.23. The molecule has 2 aromatic rings. The van der Waals surface area contributed by atoms with Crippen LogP contribution in [-0.2, 0) is 17.4 Å². The molecule has 2 heterocycles. The Kier molecular flexibility index (Phi) is 8.81. The molecule has 0 spiro atoms. The summed E-state index contributed by atoms with van der Waals surface area (Å²) in [6.07, 6.45) is 17.5.